The van der Waals surface area contributed by atoms with E-state index in [9.17, 15) is 9.59 Å². The van der Waals surface area contributed by atoms with Gasteiger partial charge in [0.2, 0.25) is 0 Å². The Balaban J connectivity index is 1.60. The quantitative estimate of drug-likeness (QED) is 0.576. The monoisotopic (exact) mass is 393 g/mol. The lowest BCUT2D eigenvalue weighted by Gasteiger charge is -2.26. The largest absolute Gasteiger partial charge is 0.385 e. The van der Waals surface area contributed by atoms with E-state index in [1.54, 1.807) is 7.11 Å². The minimum absolute atomic E-state index is 0.213. The van der Waals surface area contributed by atoms with Crippen LogP contribution in [0.2, 0.25) is 0 Å². The number of methoxy groups -OCH3 is 1. The molecule has 2 aliphatic heterocycles. The number of rotatable bonds is 9. The van der Waals surface area contributed by atoms with Crippen LogP contribution in [0, 0.1) is 0 Å². The number of morpholine rings is 1. The van der Waals surface area contributed by atoms with Crippen molar-refractivity contribution in [2.45, 2.75) is 32.2 Å². The van der Waals surface area contributed by atoms with Gasteiger partial charge in [0.1, 0.15) is 5.69 Å². The van der Waals surface area contributed by atoms with Crippen LogP contribution in [0.1, 0.15) is 46.1 Å². The molecule has 1 aromatic rings. The smallest absolute Gasteiger partial charge is 0.287 e. The van der Waals surface area contributed by atoms with Crippen molar-refractivity contribution in [3.63, 3.8) is 0 Å². The van der Waals surface area contributed by atoms with Gasteiger partial charge in [-0.2, -0.15) is 0 Å². The molecule has 0 saturated carbocycles. The summed E-state index contributed by atoms with van der Waals surface area (Å²) in [5, 5.41) is 5.83. The molecule has 9 heteroatoms. The molecule has 9 nitrogen and oxygen atoms in total. The van der Waals surface area contributed by atoms with E-state index in [0.717, 1.165) is 70.8 Å². The van der Waals surface area contributed by atoms with E-state index in [2.05, 4.69) is 20.5 Å². The van der Waals surface area contributed by atoms with Crippen LogP contribution in [0.5, 0.6) is 0 Å². The fourth-order valence-electron chi connectivity index (χ4n) is 3.63. The summed E-state index contributed by atoms with van der Waals surface area (Å²) in [6, 6.07) is 0. The van der Waals surface area contributed by atoms with Crippen LogP contribution in [0.3, 0.4) is 0 Å². The van der Waals surface area contributed by atoms with Gasteiger partial charge < -0.3 is 24.7 Å². The van der Waals surface area contributed by atoms with Gasteiger partial charge in [0, 0.05) is 53.0 Å². The predicted octanol–water partition coefficient (Wildman–Crippen LogP) is 0.0477. The summed E-state index contributed by atoms with van der Waals surface area (Å²) in [4.78, 5) is 32.0. The van der Waals surface area contributed by atoms with E-state index in [4.69, 9.17) is 9.47 Å². The van der Waals surface area contributed by atoms with Gasteiger partial charge in [0.05, 0.1) is 18.9 Å². The lowest BCUT2D eigenvalue weighted by Crippen LogP contribution is -2.41. The van der Waals surface area contributed by atoms with E-state index >= 15 is 0 Å². The lowest BCUT2D eigenvalue weighted by molar-refractivity contribution is 0.0383. The molecule has 0 aliphatic carbocycles. The molecule has 1 saturated heterocycles. The Kier molecular flexibility index (Phi) is 7.81. The first-order valence-corrected chi connectivity index (χ1v) is 10.2. The predicted molar refractivity (Wildman–Crippen MR) is 104 cm³/mol. The van der Waals surface area contributed by atoms with Gasteiger partial charge >= 0.3 is 0 Å². The number of nitrogens with one attached hydrogen (secondary N) is 2. The summed E-state index contributed by atoms with van der Waals surface area (Å²) in [7, 11) is 1.64. The van der Waals surface area contributed by atoms with Crippen LogP contribution >= 0.6 is 0 Å². The Bertz CT molecular complexity index is 670. The van der Waals surface area contributed by atoms with Crippen molar-refractivity contribution in [3.05, 3.63) is 17.2 Å². The molecule has 2 amide bonds. The highest BCUT2D eigenvalue weighted by molar-refractivity contribution is 5.97. The molecular formula is C19H31N5O4. The topological polar surface area (TPSA) is 97.7 Å². The van der Waals surface area contributed by atoms with Crippen LogP contribution < -0.4 is 10.6 Å². The van der Waals surface area contributed by atoms with Crippen LogP contribution in [-0.4, -0.2) is 85.9 Å². The summed E-state index contributed by atoms with van der Waals surface area (Å²) >= 11 is 0. The normalized spacial score (nSPS) is 17.2. The zero-order valence-corrected chi connectivity index (χ0v) is 16.7. The van der Waals surface area contributed by atoms with Gasteiger partial charge in [0.25, 0.3) is 11.8 Å². The average molecular weight is 393 g/mol. The number of amides is 2. The number of hydrogen-bond acceptors (Lipinski definition) is 6. The Morgan fingerprint density at radius 3 is 2.68 bits per heavy atom. The van der Waals surface area contributed by atoms with E-state index in [-0.39, 0.29) is 11.8 Å². The van der Waals surface area contributed by atoms with Crippen molar-refractivity contribution in [2.75, 3.05) is 59.7 Å². The third-order valence-electron chi connectivity index (χ3n) is 5.16. The maximum Gasteiger partial charge on any atom is 0.287 e. The highest BCUT2D eigenvalue weighted by atomic mass is 16.5. The van der Waals surface area contributed by atoms with Crippen molar-refractivity contribution in [3.8, 4) is 0 Å². The molecule has 0 radical (unpaired) electrons. The second kappa shape index (κ2) is 10.5. The number of fused-ring (bicyclic) bond motifs is 1. The minimum atomic E-state index is -0.214. The SMILES string of the molecule is COCCCNC(=O)c1nc(C(=O)NCCN2CCOCC2)n2c1CCCC2. The highest BCUT2D eigenvalue weighted by Crippen LogP contribution is 2.21. The Hall–Kier alpha value is -1.97. The number of ether oxygens (including phenoxy) is 2. The molecule has 28 heavy (non-hydrogen) atoms. The van der Waals surface area contributed by atoms with E-state index < -0.39 is 0 Å². The average Bonchev–Trinajstić information content (AvgIpc) is 3.12. The number of nitrogens with zero attached hydrogens (tertiary/aromatic N) is 3. The molecule has 0 unspecified atom stereocenters. The molecule has 156 valence electrons. The molecule has 0 atom stereocenters. The molecule has 1 fully saturated rings. The van der Waals surface area contributed by atoms with Gasteiger partial charge in [-0.3, -0.25) is 14.5 Å². The van der Waals surface area contributed by atoms with E-state index in [1.165, 1.54) is 0 Å². The van der Waals surface area contributed by atoms with Crippen LogP contribution in [0.15, 0.2) is 0 Å². The first-order chi connectivity index (χ1) is 13.7. The third-order valence-corrected chi connectivity index (χ3v) is 5.16. The van der Waals surface area contributed by atoms with Crippen LogP contribution in [0.25, 0.3) is 0 Å². The molecular weight excluding hydrogens is 362 g/mol. The first-order valence-electron chi connectivity index (χ1n) is 10.2. The van der Waals surface area contributed by atoms with Crippen LogP contribution in [-0.2, 0) is 22.4 Å². The van der Waals surface area contributed by atoms with Crippen molar-refractivity contribution in [2.24, 2.45) is 0 Å². The summed E-state index contributed by atoms with van der Waals surface area (Å²) in [5.74, 6) is -0.0809. The second-order valence-corrected chi connectivity index (χ2v) is 7.15. The zero-order chi connectivity index (χ0) is 19.8. The molecule has 0 bridgehead atoms. The number of carbonyl (C=O) groups excluding carboxylic acids is 2. The second-order valence-electron chi connectivity index (χ2n) is 7.15. The van der Waals surface area contributed by atoms with Crippen molar-refractivity contribution in [1.82, 2.24) is 25.1 Å². The maximum absolute atomic E-state index is 12.7. The van der Waals surface area contributed by atoms with Gasteiger partial charge in [0.15, 0.2) is 5.82 Å². The highest BCUT2D eigenvalue weighted by Gasteiger charge is 2.27. The number of aromatic nitrogens is 2. The molecule has 0 spiro atoms. The molecule has 3 rings (SSSR count). The Labute approximate surface area is 165 Å². The minimum Gasteiger partial charge on any atom is -0.385 e. The van der Waals surface area contributed by atoms with Gasteiger partial charge in [-0.05, 0) is 25.7 Å². The van der Waals surface area contributed by atoms with Crippen molar-refractivity contribution < 1.29 is 19.1 Å². The van der Waals surface area contributed by atoms with Gasteiger partial charge in [-0.15, -0.1) is 0 Å². The van der Waals surface area contributed by atoms with Crippen LogP contribution in [0.4, 0.5) is 0 Å². The number of carbonyl (C=O) groups is 2. The summed E-state index contributed by atoms with van der Waals surface area (Å²) in [6.07, 6.45) is 3.52. The molecule has 0 aromatic carbocycles. The first kappa shape index (κ1) is 20.8. The fraction of sp³-hybridized carbons (Fsp3) is 0.737. The number of imidazole rings is 1. The molecule has 2 N–H and O–H groups in total. The number of hydrogen-bond donors (Lipinski definition) is 2. The molecule has 3 heterocycles. The van der Waals surface area contributed by atoms with E-state index in [1.807, 2.05) is 4.57 Å². The Morgan fingerprint density at radius 2 is 1.89 bits per heavy atom. The van der Waals surface area contributed by atoms with Gasteiger partial charge in [-0.1, -0.05) is 0 Å². The maximum atomic E-state index is 12.7. The Morgan fingerprint density at radius 1 is 1.11 bits per heavy atom. The lowest BCUT2D eigenvalue weighted by atomic mass is 10.1. The summed E-state index contributed by atoms with van der Waals surface area (Å²) in [5.41, 5.74) is 1.25. The van der Waals surface area contributed by atoms with E-state index in [0.29, 0.717) is 31.2 Å². The van der Waals surface area contributed by atoms with Crippen molar-refractivity contribution in [1.29, 1.82) is 0 Å². The zero-order valence-electron chi connectivity index (χ0n) is 16.7. The summed E-state index contributed by atoms with van der Waals surface area (Å²) in [6.45, 7) is 6.46. The van der Waals surface area contributed by atoms with Gasteiger partial charge in [-0.25, -0.2) is 4.98 Å². The van der Waals surface area contributed by atoms with Crippen molar-refractivity contribution >= 4 is 11.8 Å². The third kappa shape index (κ3) is 5.30. The molecule has 1 aromatic heterocycles. The standard InChI is InChI=1S/C19H31N5O4/c1-27-12-4-6-20-18(25)16-15-5-2-3-8-24(15)17(22-16)19(26)21-7-9-23-10-13-28-14-11-23/h2-14H2,1H3,(H,20,25)(H,21,26). The fourth-order valence-corrected chi connectivity index (χ4v) is 3.63. The molecule has 2 aliphatic rings. The summed E-state index contributed by atoms with van der Waals surface area (Å²) < 4.78 is 12.3.